The second-order valence-corrected chi connectivity index (χ2v) is 6.03. The molecule has 2 aromatic rings. The van der Waals surface area contributed by atoms with Gasteiger partial charge in [-0.15, -0.1) is 0 Å². The number of hydrogen-bond acceptors (Lipinski definition) is 4. The van der Waals surface area contributed by atoms with E-state index in [2.05, 4.69) is 15.2 Å². The summed E-state index contributed by atoms with van der Waals surface area (Å²) in [7, 11) is 0. The number of nitrogens with one attached hydrogen (secondary N) is 1. The van der Waals surface area contributed by atoms with Gasteiger partial charge in [0.1, 0.15) is 5.82 Å². The standard InChI is InChI=1S/C18H22FN3O/c19-15-6-4-14(5-7-15)12-22-10-8-17(18(23)13-22)21-11-16-3-1-2-9-20-16/h1-7,9,17-18,21,23H,8,10-13H2/t17-,18-/m1/s1. The van der Waals surface area contributed by atoms with E-state index in [9.17, 15) is 9.50 Å². The fourth-order valence-electron chi connectivity index (χ4n) is 2.97. The van der Waals surface area contributed by atoms with Crippen molar-refractivity contribution in [2.45, 2.75) is 31.7 Å². The first kappa shape index (κ1) is 16.1. The van der Waals surface area contributed by atoms with Crippen LogP contribution < -0.4 is 5.32 Å². The molecule has 1 aromatic heterocycles. The van der Waals surface area contributed by atoms with E-state index in [-0.39, 0.29) is 11.9 Å². The highest BCUT2D eigenvalue weighted by Gasteiger charge is 2.27. The van der Waals surface area contributed by atoms with Gasteiger partial charge in [-0.05, 0) is 36.2 Å². The van der Waals surface area contributed by atoms with Gasteiger partial charge in [0.15, 0.2) is 0 Å². The van der Waals surface area contributed by atoms with Crippen LogP contribution in [0.4, 0.5) is 4.39 Å². The van der Waals surface area contributed by atoms with Crippen molar-refractivity contribution in [3.05, 3.63) is 65.7 Å². The number of halogens is 1. The van der Waals surface area contributed by atoms with Crippen LogP contribution in [-0.2, 0) is 13.1 Å². The minimum Gasteiger partial charge on any atom is -0.390 e. The van der Waals surface area contributed by atoms with E-state index in [0.717, 1.165) is 30.8 Å². The maximum absolute atomic E-state index is 12.9. The Kier molecular flexibility index (Phi) is 5.33. The zero-order valence-corrected chi connectivity index (χ0v) is 13.0. The van der Waals surface area contributed by atoms with Crippen LogP contribution in [0.1, 0.15) is 17.7 Å². The second-order valence-electron chi connectivity index (χ2n) is 6.03. The van der Waals surface area contributed by atoms with Gasteiger partial charge in [0, 0.05) is 38.4 Å². The fourth-order valence-corrected chi connectivity index (χ4v) is 2.97. The topological polar surface area (TPSA) is 48.4 Å². The average Bonchev–Trinajstić information content (AvgIpc) is 2.57. The molecular formula is C18H22FN3O. The van der Waals surface area contributed by atoms with Crippen molar-refractivity contribution in [3.63, 3.8) is 0 Å². The smallest absolute Gasteiger partial charge is 0.123 e. The lowest BCUT2D eigenvalue weighted by Gasteiger charge is -2.36. The first-order chi connectivity index (χ1) is 11.2. The molecule has 23 heavy (non-hydrogen) atoms. The summed E-state index contributed by atoms with van der Waals surface area (Å²) < 4.78 is 12.9. The SMILES string of the molecule is O[C@@H]1CN(Cc2ccc(F)cc2)CC[C@H]1NCc1ccccn1. The van der Waals surface area contributed by atoms with Crippen LogP contribution in [0.15, 0.2) is 48.7 Å². The first-order valence-electron chi connectivity index (χ1n) is 7.99. The van der Waals surface area contributed by atoms with E-state index in [1.165, 1.54) is 12.1 Å². The highest BCUT2D eigenvalue weighted by atomic mass is 19.1. The molecule has 1 aromatic carbocycles. The third-order valence-electron chi connectivity index (χ3n) is 4.26. The quantitative estimate of drug-likeness (QED) is 0.885. The van der Waals surface area contributed by atoms with Crippen molar-refractivity contribution >= 4 is 0 Å². The van der Waals surface area contributed by atoms with Crippen LogP contribution in [0.2, 0.25) is 0 Å². The molecule has 1 aliphatic rings. The van der Waals surface area contributed by atoms with Gasteiger partial charge in [0.2, 0.25) is 0 Å². The molecule has 0 radical (unpaired) electrons. The van der Waals surface area contributed by atoms with E-state index in [1.807, 2.05) is 18.2 Å². The second kappa shape index (κ2) is 7.64. The van der Waals surface area contributed by atoms with Gasteiger partial charge in [-0.2, -0.15) is 0 Å². The van der Waals surface area contributed by atoms with E-state index in [0.29, 0.717) is 13.1 Å². The maximum Gasteiger partial charge on any atom is 0.123 e. The van der Waals surface area contributed by atoms with Crippen molar-refractivity contribution in [1.82, 2.24) is 15.2 Å². The summed E-state index contributed by atoms with van der Waals surface area (Å²) in [6.07, 6.45) is 2.25. The number of aliphatic hydroxyl groups is 1. The van der Waals surface area contributed by atoms with Gasteiger partial charge in [-0.25, -0.2) is 4.39 Å². The fraction of sp³-hybridized carbons (Fsp3) is 0.389. The van der Waals surface area contributed by atoms with Gasteiger partial charge in [0.05, 0.1) is 11.8 Å². The molecule has 2 atom stereocenters. The zero-order chi connectivity index (χ0) is 16.1. The van der Waals surface area contributed by atoms with E-state index >= 15 is 0 Å². The number of aliphatic hydroxyl groups excluding tert-OH is 1. The monoisotopic (exact) mass is 315 g/mol. The molecule has 1 saturated heterocycles. The molecule has 122 valence electrons. The van der Waals surface area contributed by atoms with Gasteiger partial charge >= 0.3 is 0 Å². The molecule has 4 nitrogen and oxygen atoms in total. The normalized spacial score (nSPS) is 22.2. The van der Waals surface area contributed by atoms with Crippen molar-refractivity contribution in [2.24, 2.45) is 0 Å². The average molecular weight is 315 g/mol. The Hall–Kier alpha value is -1.82. The summed E-state index contributed by atoms with van der Waals surface area (Å²) in [5, 5.41) is 13.7. The number of nitrogens with zero attached hydrogens (tertiary/aromatic N) is 2. The largest absolute Gasteiger partial charge is 0.390 e. The summed E-state index contributed by atoms with van der Waals surface area (Å²) in [6, 6.07) is 12.5. The number of hydrogen-bond donors (Lipinski definition) is 2. The maximum atomic E-state index is 12.9. The van der Waals surface area contributed by atoms with Crippen molar-refractivity contribution < 1.29 is 9.50 Å². The molecule has 5 heteroatoms. The Balaban J connectivity index is 1.48. The lowest BCUT2D eigenvalue weighted by atomic mass is 10.0. The Morgan fingerprint density at radius 3 is 2.74 bits per heavy atom. The number of β-amino-alcohol motifs (C(OH)–C–C–N with tert-alkyl or cyclic N) is 1. The van der Waals surface area contributed by atoms with Gasteiger partial charge in [-0.1, -0.05) is 18.2 Å². The van der Waals surface area contributed by atoms with Crippen molar-refractivity contribution in [1.29, 1.82) is 0 Å². The number of pyridine rings is 1. The third kappa shape index (κ3) is 4.58. The molecule has 0 aliphatic carbocycles. The number of benzene rings is 1. The van der Waals surface area contributed by atoms with E-state index in [4.69, 9.17) is 0 Å². The van der Waals surface area contributed by atoms with Crippen LogP contribution in [0, 0.1) is 5.82 Å². The highest BCUT2D eigenvalue weighted by molar-refractivity contribution is 5.16. The molecular weight excluding hydrogens is 293 g/mol. The predicted octanol–water partition coefficient (Wildman–Crippen LogP) is 1.95. The summed E-state index contributed by atoms with van der Waals surface area (Å²) in [6.45, 7) is 2.94. The van der Waals surface area contributed by atoms with Crippen molar-refractivity contribution in [2.75, 3.05) is 13.1 Å². The van der Waals surface area contributed by atoms with Crippen LogP contribution >= 0.6 is 0 Å². The number of aromatic nitrogens is 1. The van der Waals surface area contributed by atoms with E-state index in [1.54, 1.807) is 18.3 Å². The minimum atomic E-state index is -0.409. The Morgan fingerprint density at radius 2 is 2.04 bits per heavy atom. The van der Waals surface area contributed by atoms with Gasteiger partial charge < -0.3 is 10.4 Å². The summed E-state index contributed by atoms with van der Waals surface area (Å²) in [5.41, 5.74) is 2.05. The molecule has 2 N–H and O–H groups in total. The number of rotatable bonds is 5. The van der Waals surface area contributed by atoms with Crippen LogP contribution in [0.5, 0.6) is 0 Å². The third-order valence-corrected chi connectivity index (χ3v) is 4.26. The molecule has 0 unspecified atom stereocenters. The molecule has 3 rings (SSSR count). The summed E-state index contributed by atoms with van der Waals surface area (Å²) in [5.74, 6) is -0.216. The summed E-state index contributed by atoms with van der Waals surface area (Å²) >= 11 is 0. The first-order valence-corrected chi connectivity index (χ1v) is 7.99. The molecule has 1 fully saturated rings. The summed E-state index contributed by atoms with van der Waals surface area (Å²) in [4.78, 5) is 6.49. The predicted molar refractivity (Wildman–Crippen MR) is 87.2 cm³/mol. The Labute approximate surface area is 136 Å². The highest BCUT2D eigenvalue weighted by Crippen LogP contribution is 2.15. The molecule has 0 spiro atoms. The molecule has 2 heterocycles. The lowest BCUT2D eigenvalue weighted by Crippen LogP contribution is -2.52. The van der Waals surface area contributed by atoms with Crippen LogP contribution in [-0.4, -0.2) is 40.2 Å². The number of piperidine rings is 1. The Bertz CT molecular complexity index is 605. The van der Waals surface area contributed by atoms with Crippen molar-refractivity contribution in [3.8, 4) is 0 Å². The lowest BCUT2D eigenvalue weighted by molar-refractivity contribution is 0.0364. The zero-order valence-electron chi connectivity index (χ0n) is 13.0. The van der Waals surface area contributed by atoms with E-state index < -0.39 is 6.10 Å². The van der Waals surface area contributed by atoms with Gasteiger partial charge in [0.25, 0.3) is 0 Å². The number of likely N-dealkylation sites (tertiary alicyclic amines) is 1. The minimum absolute atomic E-state index is 0.0847. The molecule has 0 saturated carbocycles. The molecule has 0 bridgehead atoms. The Morgan fingerprint density at radius 1 is 1.22 bits per heavy atom. The molecule has 1 aliphatic heterocycles. The molecule has 0 amide bonds. The van der Waals surface area contributed by atoms with Crippen LogP contribution in [0.3, 0.4) is 0 Å². The van der Waals surface area contributed by atoms with Crippen LogP contribution in [0.25, 0.3) is 0 Å². The van der Waals surface area contributed by atoms with Gasteiger partial charge in [-0.3, -0.25) is 9.88 Å².